The van der Waals surface area contributed by atoms with Gasteiger partial charge < -0.3 is 18.9 Å². The highest BCUT2D eigenvalue weighted by molar-refractivity contribution is 5.89. The van der Waals surface area contributed by atoms with Gasteiger partial charge in [0.25, 0.3) is 0 Å². The molecule has 0 aromatic carbocycles. The first kappa shape index (κ1) is 10.1. The molecule has 3 fully saturated rings. The molecule has 0 aliphatic carbocycles. The topological polar surface area (TPSA) is 54.0 Å². The summed E-state index contributed by atoms with van der Waals surface area (Å²) in [6.45, 7) is 1.99. The van der Waals surface area contributed by atoms with Crippen LogP contribution in [-0.4, -0.2) is 31.8 Å². The standard InChI is InChI=1S/C11H14O5/c1-5-9-6-3-8(15-5)16-11(9)14-4-7(6)10(12)13-2/h4-6,8-9,11H,3H2,1-2H3/t5-,6-,8-,9-,11-/m1/s1. The first-order chi connectivity index (χ1) is 7.70. The van der Waals surface area contributed by atoms with Gasteiger partial charge in [-0.05, 0) is 6.92 Å². The Bertz CT molecular complexity index is 350. The highest BCUT2D eigenvalue weighted by Gasteiger charge is 2.53. The number of ether oxygens (including phenoxy) is 4. The Morgan fingerprint density at radius 2 is 2.31 bits per heavy atom. The van der Waals surface area contributed by atoms with Crippen LogP contribution in [-0.2, 0) is 23.7 Å². The van der Waals surface area contributed by atoms with Gasteiger partial charge in [-0.1, -0.05) is 0 Å². The number of carbonyl (C=O) groups excluding carboxylic acids is 1. The maximum atomic E-state index is 11.6. The molecule has 4 rings (SSSR count). The van der Waals surface area contributed by atoms with Crippen molar-refractivity contribution in [2.45, 2.75) is 32.0 Å². The number of hydrogen-bond acceptors (Lipinski definition) is 5. The minimum absolute atomic E-state index is 0.0517. The highest BCUT2D eigenvalue weighted by Crippen LogP contribution is 2.47. The molecule has 0 aromatic heterocycles. The molecule has 0 saturated carbocycles. The van der Waals surface area contributed by atoms with Crippen LogP contribution in [0.4, 0.5) is 0 Å². The van der Waals surface area contributed by atoms with Gasteiger partial charge in [0.15, 0.2) is 6.29 Å². The van der Waals surface area contributed by atoms with Crippen molar-refractivity contribution in [3.63, 3.8) is 0 Å². The quantitative estimate of drug-likeness (QED) is 0.619. The summed E-state index contributed by atoms with van der Waals surface area (Å²) in [6, 6.07) is 0. The Hall–Kier alpha value is -1.07. The van der Waals surface area contributed by atoms with Crippen molar-refractivity contribution in [2.75, 3.05) is 7.11 Å². The molecular formula is C11H14O5. The minimum Gasteiger partial charge on any atom is -0.471 e. The monoisotopic (exact) mass is 226 g/mol. The Morgan fingerprint density at radius 3 is 3.00 bits per heavy atom. The molecule has 5 nitrogen and oxygen atoms in total. The average molecular weight is 226 g/mol. The van der Waals surface area contributed by atoms with E-state index < -0.39 is 0 Å². The summed E-state index contributed by atoms with van der Waals surface area (Å²) < 4.78 is 21.3. The second-order valence-corrected chi connectivity index (χ2v) is 4.40. The van der Waals surface area contributed by atoms with Gasteiger partial charge in [0.05, 0.1) is 31.0 Å². The second-order valence-electron chi connectivity index (χ2n) is 4.40. The Morgan fingerprint density at radius 1 is 1.50 bits per heavy atom. The molecule has 16 heavy (non-hydrogen) atoms. The van der Waals surface area contributed by atoms with E-state index in [2.05, 4.69) is 0 Å². The van der Waals surface area contributed by atoms with E-state index in [1.54, 1.807) is 0 Å². The molecule has 88 valence electrons. The van der Waals surface area contributed by atoms with Gasteiger partial charge in [-0.15, -0.1) is 0 Å². The van der Waals surface area contributed by atoms with Crippen molar-refractivity contribution in [3.8, 4) is 0 Å². The number of carbonyl (C=O) groups is 1. The van der Waals surface area contributed by atoms with Crippen molar-refractivity contribution < 1.29 is 23.7 Å². The van der Waals surface area contributed by atoms with E-state index in [1.165, 1.54) is 13.4 Å². The molecule has 4 bridgehead atoms. The summed E-state index contributed by atoms with van der Waals surface area (Å²) in [4.78, 5) is 11.6. The van der Waals surface area contributed by atoms with Crippen molar-refractivity contribution in [1.82, 2.24) is 0 Å². The fraction of sp³-hybridized carbons (Fsp3) is 0.727. The molecule has 0 N–H and O–H groups in total. The number of fused-ring (bicyclic) bond motifs is 1. The minimum atomic E-state index is -0.316. The summed E-state index contributed by atoms with van der Waals surface area (Å²) in [5.41, 5.74) is 0.604. The smallest absolute Gasteiger partial charge is 0.337 e. The summed E-state index contributed by atoms with van der Waals surface area (Å²) in [7, 11) is 1.38. The Balaban J connectivity index is 1.93. The van der Waals surface area contributed by atoms with E-state index in [-0.39, 0.29) is 36.5 Å². The lowest BCUT2D eigenvalue weighted by molar-refractivity contribution is -0.363. The van der Waals surface area contributed by atoms with Crippen LogP contribution < -0.4 is 0 Å². The van der Waals surface area contributed by atoms with Gasteiger partial charge in [-0.25, -0.2) is 4.79 Å². The normalized spacial score (nSPS) is 44.6. The molecule has 0 amide bonds. The molecule has 0 spiro atoms. The van der Waals surface area contributed by atoms with E-state index in [1.807, 2.05) is 6.92 Å². The summed E-state index contributed by atoms with van der Waals surface area (Å²) in [6.07, 6.45) is 1.70. The molecule has 0 aromatic rings. The van der Waals surface area contributed by atoms with Crippen LogP contribution in [0.5, 0.6) is 0 Å². The number of rotatable bonds is 1. The van der Waals surface area contributed by atoms with Crippen LogP contribution in [0.25, 0.3) is 0 Å². The molecule has 3 saturated heterocycles. The maximum absolute atomic E-state index is 11.6. The molecule has 4 heterocycles. The largest absolute Gasteiger partial charge is 0.471 e. The van der Waals surface area contributed by atoms with Gasteiger partial charge in [0.1, 0.15) is 0 Å². The highest BCUT2D eigenvalue weighted by atomic mass is 16.8. The molecule has 4 aliphatic rings. The van der Waals surface area contributed by atoms with Gasteiger partial charge in [-0.3, -0.25) is 0 Å². The lowest BCUT2D eigenvalue weighted by atomic mass is 9.75. The van der Waals surface area contributed by atoms with Crippen LogP contribution in [0.3, 0.4) is 0 Å². The zero-order valence-corrected chi connectivity index (χ0v) is 9.21. The third-order valence-electron chi connectivity index (χ3n) is 3.57. The number of methoxy groups -OCH3 is 1. The maximum Gasteiger partial charge on any atom is 0.337 e. The zero-order chi connectivity index (χ0) is 11.3. The van der Waals surface area contributed by atoms with Crippen LogP contribution in [0.15, 0.2) is 11.8 Å². The molecule has 0 unspecified atom stereocenters. The van der Waals surface area contributed by atoms with Crippen LogP contribution in [0, 0.1) is 11.8 Å². The van der Waals surface area contributed by atoms with E-state index >= 15 is 0 Å². The lowest BCUT2D eigenvalue weighted by Crippen LogP contribution is -2.57. The van der Waals surface area contributed by atoms with Gasteiger partial charge in [0.2, 0.25) is 6.29 Å². The average Bonchev–Trinajstić information content (AvgIpc) is 2.27. The Labute approximate surface area is 93.3 Å². The fourth-order valence-electron chi connectivity index (χ4n) is 2.82. The molecule has 5 heteroatoms. The third kappa shape index (κ3) is 1.28. The van der Waals surface area contributed by atoms with E-state index in [4.69, 9.17) is 18.9 Å². The first-order valence-corrected chi connectivity index (χ1v) is 5.45. The third-order valence-corrected chi connectivity index (χ3v) is 3.57. The van der Waals surface area contributed by atoms with Crippen molar-refractivity contribution in [3.05, 3.63) is 11.8 Å². The fourth-order valence-corrected chi connectivity index (χ4v) is 2.82. The van der Waals surface area contributed by atoms with E-state index in [0.717, 1.165) is 0 Å². The van der Waals surface area contributed by atoms with Gasteiger partial charge in [0, 0.05) is 12.3 Å². The molecule has 5 atom stereocenters. The molecular weight excluding hydrogens is 212 g/mol. The lowest BCUT2D eigenvalue weighted by Gasteiger charge is -2.51. The molecule has 0 radical (unpaired) electrons. The SMILES string of the molecule is COC(=O)C1=CO[C@@H]2O[C@@H]3C[C@H]1[C@H]2[C@@H](C)O3. The van der Waals surface area contributed by atoms with Crippen molar-refractivity contribution in [2.24, 2.45) is 11.8 Å². The first-order valence-electron chi connectivity index (χ1n) is 5.45. The second kappa shape index (κ2) is 3.46. The van der Waals surface area contributed by atoms with Crippen molar-refractivity contribution in [1.29, 1.82) is 0 Å². The summed E-state index contributed by atoms with van der Waals surface area (Å²) >= 11 is 0. The predicted octanol–water partition coefficient (Wildman–Crippen LogP) is 0.797. The summed E-state index contributed by atoms with van der Waals surface area (Å²) in [5.74, 6) is -0.0963. The van der Waals surface area contributed by atoms with E-state index in [0.29, 0.717) is 12.0 Å². The zero-order valence-electron chi connectivity index (χ0n) is 9.21. The summed E-state index contributed by atoms with van der Waals surface area (Å²) in [5, 5.41) is 0. The van der Waals surface area contributed by atoms with Crippen LogP contribution >= 0.6 is 0 Å². The number of esters is 1. The molecule has 4 aliphatic heterocycles. The van der Waals surface area contributed by atoms with Crippen LogP contribution in [0.2, 0.25) is 0 Å². The number of hydrogen-bond donors (Lipinski definition) is 0. The van der Waals surface area contributed by atoms with Crippen LogP contribution in [0.1, 0.15) is 13.3 Å². The van der Waals surface area contributed by atoms with E-state index in [9.17, 15) is 4.79 Å². The van der Waals surface area contributed by atoms with Gasteiger partial charge >= 0.3 is 5.97 Å². The van der Waals surface area contributed by atoms with Gasteiger partial charge in [-0.2, -0.15) is 0 Å². The van der Waals surface area contributed by atoms with Crippen molar-refractivity contribution >= 4 is 5.97 Å². The predicted molar refractivity (Wildman–Crippen MR) is 52.0 cm³/mol. The Kier molecular flexibility index (Phi) is 2.19.